The van der Waals surface area contributed by atoms with Crippen molar-refractivity contribution < 1.29 is 9.59 Å². The second kappa shape index (κ2) is 5.66. The van der Waals surface area contributed by atoms with Gasteiger partial charge in [0.25, 0.3) is 0 Å². The quantitative estimate of drug-likeness (QED) is 0.828. The topological polar surface area (TPSA) is 89.4 Å². The Morgan fingerprint density at radius 1 is 0.905 bits per heavy atom. The van der Waals surface area contributed by atoms with Crippen molar-refractivity contribution in [1.29, 1.82) is 0 Å². The van der Waals surface area contributed by atoms with E-state index >= 15 is 0 Å². The van der Waals surface area contributed by atoms with Crippen LogP contribution in [0.3, 0.4) is 0 Å². The SMILES string of the molecule is CC(=O)N(C(C)=O)c1ccc(-c2cccc(N)c2N)cc1. The summed E-state index contributed by atoms with van der Waals surface area (Å²) in [5.41, 5.74) is 15.0. The molecule has 0 radical (unpaired) electrons. The third-order valence-corrected chi connectivity index (χ3v) is 3.21. The number of imide groups is 1. The van der Waals surface area contributed by atoms with E-state index in [-0.39, 0.29) is 11.8 Å². The van der Waals surface area contributed by atoms with Crippen LogP contribution in [-0.2, 0) is 9.59 Å². The van der Waals surface area contributed by atoms with Gasteiger partial charge in [-0.2, -0.15) is 0 Å². The Morgan fingerprint density at radius 3 is 2.00 bits per heavy atom. The van der Waals surface area contributed by atoms with Gasteiger partial charge in [0, 0.05) is 19.4 Å². The minimum Gasteiger partial charge on any atom is -0.397 e. The summed E-state index contributed by atoms with van der Waals surface area (Å²) in [5, 5.41) is 0. The van der Waals surface area contributed by atoms with Crippen LogP contribution < -0.4 is 16.4 Å². The molecule has 108 valence electrons. The van der Waals surface area contributed by atoms with Crippen LogP contribution in [0.2, 0.25) is 0 Å². The van der Waals surface area contributed by atoms with Crippen molar-refractivity contribution in [3.63, 3.8) is 0 Å². The van der Waals surface area contributed by atoms with Gasteiger partial charge in [-0.3, -0.25) is 14.5 Å². The lowest BCUT2D eigenvalue weighted by Gasteiger charge is -2.17. The van der Waals surface area contributed by atoms with E-state index in [1.54, 1.807) is 30.3 Å². The van der Waals surface area contributed by atoms with Gasteiger partial charge in [-0.25, -0.2) is 0 Å². The standard InChI is InChI=1S/C16H17N3O2/c1-10(20)19(11(2)21)13-8-6-12(7-9-13)14-4-3-5-15(17)16(14)18/h3-9H,17-18H2,1-2H3. The number of carbonyl (C=O) groups excluding carboxylic acids is 2. The van der Waals surface area contributed by atoms with E-state index in [1.165, 1.54) is 13.8 Å². The molecular weight excluding hydrogens is 266 g/mol. The predicted octanol–water partition coefficient (Wildman–Crippen LogP) is 2.42. The zero-order valence-corrected chi connectivity index (χ0v) is 12.0. The zero-order chi connectivity index (χ0) is 15.6. The third-order valence-electron chi connectivity index (χ3n) is 3.21. The average Bonchev–Trinajstić information content (AvgIpc) is 2.42. The van der Waals surface area contributed by atoms with E-state index in [2.05, 4.69) is 0 Å². The number of nitrogen functional groups attached to an aromatic ring is 2. The summed E-state index contributed by atoms with van der Waals surface area (Å²) in [6.45, 7) is 2.70. The Morgan fingerprint density at radius 2 is 1.48 bits per heavy atom. The Labute approximate surface area is 123 Å². The molecule has 0 saturated heterocycles. The number of rotatable bonds is 2. The molecule has 2 rings (SSSR count). The van der Waals surface area contributed by atoms with Crippen molar-refractivity contribution in [2.45, 2.75) is 13.8 Å². The Bertz CT molecular complexity index is 679. The summed E-state index contributed by atoms with van der Waals surface area (Å²) >= 11 is 0. The number of hydrogen-bond acceptors (Lipinski definition) is 4. The lowest BCUT2D eigenvalue weighted by Crippen LogP contribution is -2.32. The predicted molar refractivity (Wildman–Crippen MR) is 84.5 cm³/mol. The molecule has 0 aliphatic carbocycles. The van der Waals surface area contributed by atoms with Crippen molar-refractivity contribution in [1.82, 2.24) is 0 Å². The summed E-state index contributed by atoms with van der Waals surface area (Å²) in [7, 11) is 0. The molecule has 0 atom stereocenters. The van der Waals surface area contributed by atoms with Crippen LogP contribution in [0.5, 0.6) is 0 Å². The second-order valence-electron chi connectivity index (χ2n) is 4.73. The van der Waals surface area contributed by atoms with Crippen molar-refractivity contribution in [2.24, 2.45) is 0 Å². The monoisotopic (exact) mass is 283 g/mol. The summed E-state index contributed by atoms with van der Waals surface area (Å²) in [6.07, 6.45) is 0. The van der Waals surface area contributed by atoms with Gasteiger partial charge >= 0.3 is 0 Å². The van der Waals surface area contributed by atoms with Crippen molar-refractivity contribution in [2.75, 3.05) is 16.4 Å². The summed E-state index contributed by atoms with van der Waals surface area (Å²) in [5.74, 6) is -0.641. The molecule has 0 aliphatic rings. The minimum atomic E-state index is -0.321. The van der Waals surface area contributed by atoms with Crippen LogP contribution in [-0.4, -0.2) is 11.8 Å². The molecular formula is C16H17N3O2. The molecule has 2 amide bonds. The van der Waals surface area contributed by atoms with Crippen LogP contribution >= 0.6 is 0 Å². The Hall–Kier alpha value is -2.82. The van der Waals surface area contributed by atoms with Crippen LogP contribution in [0.4, 0.5) is 17.1 Å². The fraction of sp³-hybridized carbons (Fsp3) is 0.125. The van der Waals surface area contributed by atoms with E-state index in [4.69, 9.17) is 11.5 Å². The van der Waals surface area contributed by atoms with Crippen LogP contribution in [0.25, 0.3) is 11.1 Å². The van der Waals surface area contributed by atoms with E-state index in [0.29, 0.717) is 17.1 Å². The number of anilines is 3. The van der Waals surface area contributed by atoms with Gasteiger partial charge in [0.15, 0.2) is 0 Å². The number of hydrogen-bond donors (Lipinski definition) is 2. The third kappa shape index (κ3) is 2.86. The number of carbonyl (C=O) groups is 2. The largest absolute Gasteiger partial charge is 0.397 e. The van der Waals surface area contributed by atoms with Crippen molar-refractivity contribution in [3.05, 3.63) is 42.5 Å². The lowest BCUT2D eigenvalue weighted by atomic mass is 10.0. The first kappa shape index (κ1) is 14.6. The Balaban J connectivity index is 2.41. The van der Waals surface area contributed by atoms with Gasteiger partial charge in [-0.1, -0.05) is 24.3 Å². The maximum absolute atomic E-state index is 11.5. The molecule has 0 heterocycles. The molecule has 0 saturated carbocycles. The first-order valence-electron chi connectivity index (χ1n) is 6.47. The molecule has 2 aromatic rings. The molecule has 5 heteroatoms. The van der Waals surface area contributed by atoms with Gasteiger partial charge in [-0.15, -0.1) is 0 Å². The van der Waals surface area contributed by atoms with E-state index < -0.39 is 0 Å². The fourth-order valence-corrected chi connectivity index (χ4v) is 2.21. The van der Waals surface area contributed by atoms with E-state index in [1.807, 2.05) is 12.1 Å². The van der Waals surface area contributed by atoms with Gasteiger partial charge < -0.3 is 11.5 Å². The van der Waals surface area contributed by atoms with Gasteiger partial charge in [0.1, 0.15) is 0 Å². The fourth-order valence-electron chi connectivity index (χ4n) is 2.21. The Kier molecular flexibility index (Phi) is 3.93. The molecule has 0 spiro atoms. The first-order valence-corrected chi connectivity index (χ1v) is 6.47. The smallest absolute Gasteiger partial charge is 0.230 e. The molecule has 4 N–H and O–H groups in total. The molecule has 0 bridgehead atoms. The summed E-state index contributed by atoms with van der Waals surface area (Å²) in [6, 6.07) is 12.5. The van der Waals surface area contributed by atoms with Crippen molar-refractivity contribution in [3.8, 4) is 11.1 Å². The van der Waals surface area contributed by atoms with Crippen LogP contribution in [0.15, 0.2) is 42.5 Å². The highest BCUT2D eigenvalue weighted by molar-refractivity contribution is 6.13. The minimum absolute atomic E-state index is 0.321. The maximum atomic E-state index is 11.5. The zero-order valence-electron chi connectivity index (χ0n) is 12.0. The summed E-state index contributed by atoms with van der Waals surface area (Å²) < 4.78 is 0. The maximum Gasteiger partial charge on any atom is 0.230 e. The molecule has 0 aromatic heterocycles. The van der Waals surface area contributed by atoms with Gasteiger partial charge in [0.05, 0.1) is 17.1 Å². The number of para-hydroxylation sites is 1. The molecule has 21 heavy (non-hydrogen) atoms. The number of amides is 2. The lowest BCUT2D eigenvalue weighted by molar-refractivity contribution is -0.124. The van der Waals surface area contributed by atoms with Crippen molar-refractivity contribution >= 4 is 28.9 Å². The molecule has 2 aromatic carbocycles. The van der Waals surface area contributed by atoms with Crippen LogP contribution in [0.1, 0.15) is 13.8 Å². The highest BCUT2D eigenvalue weighted by Gasteiger charge is 2.16. The highest BCUT2D eigenvalue weighted by atomic mass is 16.2. The molecule has 0 aliphatic heterocycles. The normalized spacial score (nSPS) is 10.2. The summed E-state index contributed by atoms with van der Waals surface area (Å²) in [4.78, 5) is 24.1. The van der Waals surface area contributed by atoms with Gasteiger partial charge in [-0.05, 0) is 23.8 Å². The average molecular weight is 283 g/mol. The molecule has 0 unspecified atom stereocenters. The van der Waals surface area contributed by atoms with E-state index in [0.717, 1.165) is 16.0 Å². The number of nitrogens with two attached hydrogens (primary N) is 2. The van der Waals surface area contributed by atoms with Crippen LogP contribution in [0, 0.1) is 0 Å². The number of nitrogens with zero attached hydrogens (tertiary/aromatic N) is 1. The second-order valence-corrected chi connectivity index (χ2v) is 4.73. The van der Waals surface area contributed by atoms with Gasteiger partial charge in [0.2, 0.25) is 11.8 Å². The molecule has 0 fully saturated rings. The first-order chi connectivity index (χ1) is 9.91. The van der Waals surface area contributed by atoms with E-state index in [9.17, 15) is 9.59 Å². The highest BCUT2D eigenvalue weighted by Crippen LogP contribution is 2.31. The number of benzene rings is 2. The molecule has 5 nitrogen and oxygen atoms in total.